The first-order valence-electron chi connectivity index (χ1n) is 3.79. The van der Waals surface area contributed by atoms with Crippen LogP contribution >= 0.6 is 18.0 Å². The van der Waals surface area contributed by atoms with Gasteiger partial charge >= 0.3 is 84.5 Å². The van der Waals surface area contributed by atoms with Crippen LogP contribution in [0.4, 0.5) is 0 Å². The van der Waals surface area contributed by atoms with Crippen molar-refractivity contribution >= 4 is 18.0 Å². The first-order chi connectivity index (χ1) is 5.18. The molecule has 0 radical (unpaired) electrons. The van der Waals surface area contributed by atoms with Crippen molar-refractivity contribution in [2.45, 2.75) is 20.8 Å². The van der Waals surface area contributed by atoms with E-state index < -0.39 is 17.4 Å². The van der Waals surface area contributed by atoms with E-state index in [0.29, 0.717) is 19.8 Å². The van der Waals surface area contributed by atoms with E-state index in [0.717, 1.165) is 0 Å². The number of halogens is 1. The molecular weight excluding hydrogens is 338 g/mol. The number of hydrogen-bond donors (Lipinski definition) is 0. The van der Waals surface area contributed by atoms with Crippen molar-refractivity contribution in [1.29, 1.82) is 0 Å². The topological polar surface area (TPSA) is 27.7 Å². The quantitative estimate of drug-likeness (QED) is 0.686. The van der Waals surface area contributed by atoms with Gasteiger partial charge in [0, 0.05) is 0 Å². The molecule has 0 aromatic carbocycles. The summed E-state index contributed by atoms with van der Waals surface area (Å²) in [4.78, 5) is 0. The van der Waals surface area contributed by atoms with Gasteiger partial charge in [-0.2, -0.15) is 0 Å². The van der Waals surface area contributed by atoms with E-state index in [1.54, 1.807) is 0 Å². The van der Waals surface area contributed by atoms with Gasteiger partial charge in [0.15, 0.2) is 0 Å². The summed E-state index contributed by atoms with van der Waals surface area (Å²) in [6, 6.07) is 0. The Kier molecular flexibility index (Phi) is 7.89. The van der Waals surface area contributed by atoms with Crippen LogP contribution in [0.1, 0.15) is 20.8 Å². The molecule has 0 aromatic heterocycles. The van der Waals surface area contributed by atoms with Crippen molar-refractivity contribution in [3.8, 4) is 0 Å². The molecule has 0 fully saturated rings. The van der Waals surface area contributed by atoms with Gasteiger partial charge in [0.2, 0.25) is 0 Å². The zero-order valence-corrected chi connectivity index (χ0v) is 11.8. The summed E-state index contributed by atoms with van der Waals surface area (Å²) in [6.45, 7) is 7.92. The Morgan fingerprint density at radius 2 is 1.18 bits per heavy atom. The van der Waals surface area contributed by atoms with Crippen LogP contribution in [-0.2, 0) is 25.8 Å². The van der Waals surface area contributed by atoms with E-state index in [1.807, 2.05) is 20.8 Å². The Balaban J connectivity index is 3.79. The van der Waals surface area contributed by atoms with E-state index in [-0.39, 0.29) is 0 Å². The van der Waals surface area contributed by atoms with E-state index in [2.05, 4.69) is 18.0 Å². The van der Waals surface area contributed by atoms with Gasteiger partial charge < -0.3 is 0 Å². The second-order valence-electron chi connectivity index (χ2n) is 1.78. The zero-order valence-electron chi connectivity index (χ0n) is 7.22. The van der Waals surface area contributed by atoms with Gasteiger partial charge in [-0.3, -0.25) is 0 Å². The minimum absolute atomic E-state index is 0.680. The van der Waals surface area contributed by atoms with Gasteiger partial charge in [0.25, 0.3) is 0 Å². The molecule has 0 unspecified atom stereocenters. The van der Waals surface area contributed by atoms with Crippen molar-refractivity contribution < 1.29 is 25.8 Å². The Morgan fingerprint density at radius 3 is 1.36 bits per heavy atom. The summed E-state index contributed by atoms with van der Waals surface area (Å²) in [7, 11) is 0. The third kappa shape index (κ3) is 5.69. The average molecular weight is 353 g/mol. The fourth-order valence-electron chi connectivity index (χ4n) is 0.642. The zero-order chi connectivity index (χ0) is 8.74. The predicted molar refractivity (Wildman–Crippen MR) is 48.9 cm³/mol. The van der Waals surface area contributed by atoms with Crippen LogP contribution in [0.3, 0.4) is 0 Å². The molecule has 0 aliphatic rings. The predicted octanol–water partition coefficient (Wildman–Crippen LogP) is 2.34. The fourth-order valence-corrected chi connectivity index (χ4v) is 9.33. The SMILES string of the molecule is CC[O][Zr]([I])([O]CC)[O]CC. The summed E-state index contributed by atoms with van der Waals surface area (Å²) in [6.07, 6.45) is 0. The maximum atomic E-state index is 5.46. The molecule has 3 nitrogen and oxygen atoms in total. The van der Waals surface area contributed by atoms with Crippen LogP contribution in [-0.4, -0.2) is 19.8 Å². The second-order valence-corrected chi connectivity index (χ2v) is 14.1. The van der Waals surface area contributed by atoms with Gasteiger partial charge in [-0.1, -0.05) is 0 Å². The van der Waals surface area contributed by atoms with Gasteiger partial charge in [-0.25, -0.2) is 0 Å². The fraction of sp³-hybridized carbons (Fsp3) is 1.00. The van der Waals surface area contributed by atoms with Crippen LogP contribution in [0, 0.1) is 0 Å². The molecule has 0 N–H and O–H groups in total. The van der Waals surface area contributed by atoms with Crippen molar-refractivity contribution in [3.63, 3.8) is 0 Å². The van der Waals surface area contributed by atoms with Gasteiger partial charge in [0.05, 0.1) is 0 Å². The van der Waals surface area contributed by atoms with Gasteiger partial charge in [-0.15, -0.1) is 0 Å². The number of rotatable bonds is 6. The minimum atomic E-state index is -3.00. The van der Waals surface area contributed by atoms with E-state index in [1.165, 1.54) is 0 Å². The summed E-state index contributed by atoms with van der Waals surface area (Å²) >= 11 is -0.778. The molecule has 0 saturated heterocycles. The van der Waals surface area contributed by atoms with Gasteiger partial charge in [0.1, 0.15) is 0 Å². The van der Waals surface area contributed by atoms with Crippen LogP contribution in [0.5, 0.6) is 0 Å². The second kappa shape index (κ2) is 6.95. The molecule has 5 heteroatoms. The number of hydrogen-bond acceptors (Lipinski definition) is 3. The van der Waals surface area contributed by atoms with Crippen LogP contribution in [0.15, 0.2) is 0 Å². The standard InChI is InChI=1S/3C2H5O.HI.Zr/c3*1-2-3;;/h3*2H2,1H3;1H;/q3*-1;;+4/p-1. The van der Waals surface area contributed by atoms with Crippen LogP contribution < -0.4 is 0 Å². The molecular formula is C6H15IO3Zr. The molecule has 68 valence electrons. The van der Waals surface area contributed by atoms with E-state index in [4.69, 9.17) is 8.44 Å². The van der Waals surface area contributed by atoms with Crippen molar-refractivity contribution in [2.24, 2.45) is 0 Å². The normalized spacial score (nSPS) is 12.0. The van der Waals surface area contributed by atoms with Crippen LogP contribution in [0.2, 0.25) is 0 Å². The van der Waals surface area contributed by atoms with Crippen LogP contribution in [0.25, 0.3) is 0 Å². The Hall–Kier alpha value is 1.49. The van der Waals surface area contributed by atoms with Gasteiger partial charge in [-0.05, 0) is 0 Å². The third-order valence-corrected chi connectivity index (χ3v) is 11.1. The third-order valence-electron chi connectivity index (χ3n) is 0.950. The molecule has 0 heterocycles. The molecule has 0 aromatic rings. The van der Waals surface area contributed by atoms with Crippen molar-refractivity contribution in [2.75, 3.05) is 19.8 Å². The van der Waals surface area contributed by atoms with E-state index in [9.17, 15) is 0 Å². The summed E-state index contributed by atoms with van der Waals surface area (Å²) in [5.41, 5.74) is 0. The molecule has 0 saturated carbocycles. The molecule has 0 bridgehead atoms. The average Bonchev–Trinajstić information content (AvgIpc) is 1.88. The summed E-state index contributed by atoms with van der Waals surface area (Å²) in [5, 5.41) is 0. The summed E-state index contributed by atoms with van der Waals surface area (Å²) in [5.74, 6) is 0. The molecule has 0 atom stereocenters. The molecule has 0 spiro atoms. The molecule has 0 aliphatic heterocycles. The summed E-state index contributed by atoms with van der Waals surface area (Å²) < 4.78 is 16.4. The monoisotopic (exact) mass is 352 g/mol. The first kappa shape index (κ1) is 12.5. The maximum absolute atomic E-state index is 5.46. The van der Waals surface area contributed by atoms with E-state index >= 15 is 0 Å². The molecule has 0 amide bonds. The molecule has 0 aliphatic carbocycles. The molecule has 0 rings (SSSR count). The Labute approximate surface area is 83.7 Å². The Bertz CT molecular complexity index is 84.8. The Morgan fingerprint density at radius 1 is 0.909 bits per heavy atom. The first-order valence-corrected chi connectivity index (χ1v) is 14.1. The van der Waals surface area contributed by atoms with Crippen molar-refractivity contribution in [3.05, 3.63) is 0 Å². The molecule has 11 heavy (non-hydrogen) atoms. The van der Waals surface area contributed by atoms with Crippen molar-refractivity contribution in [1.82, 2.24) is 0 Å².